The van der Waals surface area contributed by atoms with Crippen molar-refractivity contribution in [3.8, 4) is 11.5 Å². The van der Waals surface area contributed by atoms with E-state index in [9.17, 15) is 4.79 Å². The second kappa shape index (κ2) is 7.26. The largest absolute Gasteiger partial charge is 0.338 e. The van der Waals surface area contributed by atoms with Gasteiger partial charge in [0.25, 0.3) is 5.89 Å². The molecule has 0 aliphatic carbocycles. The molecule has 0 spiro atoms. The van der Waals surface area contributed by atoms with E-state index in [-0.39, 0.29) is 12.1 Å². The van der Waals surface area contributed by atoms with E-state index in [1.54, 1.807) is 0 Å². The van der Waals surface area contributed by atoms with Crippen LogP contribution in [0.3, 0.4) is 0 Å². The van der Waals surface area contributed by atoms with Crippen LogP contribution in [0.5, 0.6) is 0 Å². The number of urea groups is 1. The number of hydrogen-bond donors (Lipinski definition) is 1. The van der Waals surface area contributed by atoms with Crippen LogP contribution in [0.15, 0.2) is 34.9 Å². The van der Waals surface area contributed by atoms with E-state index in [0.717, 1.165) is 31.4 Å². The number of benzene rings is 1. The molecule has 2 heterocycles. The highest BCUT2D eigenvalue weighted by Gasteiger charge is 2.29. The monoisotopic (exact) mass is 314 g/mol. The zero-order valence-corrected chi connectivity index (χ0v) is 13.4. The zero-order chi connectivity index (χ0) is 16.1. The highest BCUT2D eigenvalue weighted by atomic mass is 16.5. The summed E-state index contributed by atoms with van der Waals surface area (Å²) in [7, 11) is 0. The summed E-state index contributed by atoms with van der Waals surface area (Å²) >= 11 is 0. The van der Waals surface area contributed by atoms with Crippen LogP contribution in [0.2, 0.25) is 0 Å². The van der Waals surface area contributed by atoms with Gasteiger partial charge in [0.1, 0.15) is 0 Å². The third kappa shape index (κ3) is 3.70. The van der Waals surface area contributed by atoms with Crippen LogP contribution in [0.4, 0.5) is 4.79 Å². The molecule has 2 aromatic rings. The second-order valence-electron chi connectivity index (χ2n) is 5.81. The summed E-state index contributed by atoms with van der Waals surface area (Å²) in [6.07, 6.45) is 3.58. The van der Waals surface area contributed by atoms with Crippen molar-refractivity contribution >= 4 is 6.03 Å². The maximum atomic E-state index is 12.2. The first-order valence-electron chi connectivity index (χ1n) is 8.20. The Balaban J connectivity index is 1.65. The topological polar surface area (TPSA) is 71.3 Å². The van der Waals surface area contributed by atoms with Crippen molar-refractivity contribution in [1.82, 2.24) is 20.4 Å². The van der Waals surface area contributed by atoms with Crippen molar-refractivity contribution in [3.63, 3.8) is 0 Å². The van der Waals surface area contributed by atoms with Crippen LogP contribution in [0, 0.1) is 0 Å². The molecule has 2 amide bonds. The van der Waals surface area contributed by atoms with Crippen molar-refractivity contribution in [3.05, 3.63) is 36.2 Å². The smallest absolute Gasteiger partial charge is 0.317 e. The van der Waals surface area contributed by atoms with Crippen LogP contribution in [0.25, 0.3) is 11.5 Å². The van der Waals surface area contributed by atoms with Crippen molar-refractivity contribution in [2.75, 3.05) is 13.1 Å². The minimum Gasteiger partial charge on any atom is -0.338 e. The van der Waals surface area contributed by atoms with Crippen molar-refractivity contribution in [2.45, 2.75) is 38.6 Å². The lowest BCUT2D eigenvalue weighted by atomic mass is 10.1. The summed E-state index contributed by atoms with van der Waals surface area (Å²) in [5.41, 5.74) is 0.912. The Kier molecular flexibility index (Phi) is 4.90. The maximum absolute atomic E-state index is 12.2. The number of nitrogens with zero attached hydrogens (tertiary/aromatic N) is 3. The van der Waals surface area contributed by atoms with Crippen LogP contribution < -0.4 is 5.32 Å². The molecule has 1 aromatic heterocycles. The first kappa shape index (κ1) is 15.5. The molecule has 0 bridgehead atoms. The van der Waals surface area contributed by atoms with E-state index in [1.165, 1.54) is 0 Å². The van der Waals surface area contributed by atoms with Crippen LogP contribution >= 0.6 is 0 Å². The fraction of sp³-hybridized carbons (Fsp3) is 0.471. The number of nitrogens with one attached hydrogen (secondary N) is 1. The van der Waals surface area contributed by atoms with Gasteiger partial charge in [-0.15, -0.1) is 0 Å². The van der Waals surface area contributed by atoms with E-state index in [0.29, 0.717) is 24.7 Å². The Bertz CT molecular complexity index is 641. The normalized spacial score (nSPS) is 17.4. The fourth-order valence-electron chi connectivity index (χ4n) is 2.89. The predicted molar refractivity (Wildman–Crippen MR) is 86.9 cm³/mol. The molecule has 1 N–H and O–H groups in total. The molecular weight excluding hydrogens is 292 g/mol. The fourth-order valence-corrected chi connectivity index (χ4v) is 2.89. The third-order valence-electron chi connectivity index (χ3n) is 4.07. The van der Waals surface area contributed by atoms with E-state index in [4.69, 9.17) is 4.52 Å². The van der Waals surface area contributed by atoms with Gasteiger partial charge in [-0.3, -0.25) is 0 Å². The average molecular weight is 314 g/mol. The minimum absolute atomic E-state index is 0.0149. The van der Waals surface area contributed by atoms with Gasteiger partial charge >= 0.3 is 6.03 Å². The molecule has 6 nitrogen and oxygen atoms in total. The number of carbonyl (C=O) groups excluding carboxylic acids is 1. The third-order valence-corrected chi connectivity index (χ3v) is 4.07. The van der Waals surface area contributed by atoms with Gasteiger partial charge < -0.3 is 14.7 Å². The number of hydrogen-bond acceptors (Lipinski definition) is 4. The maximum Gasteiger partial charge on any atom is 0.317 e. The van der Waals surface area contributed by atoms with E-state index < -0.39 is 0 Å². The van der Waals surface area contributed by atoms with Gasteiger partial charge in [-0.1, -0.05) is 30.3 Å². The molecule has 1 aliphatic heterocycles. The molecule has 1 aliphatic rings. The second-order valence-corrected chi connectivity index (χ2v) is 5.81. The molecule has 1 saturated heterocycles. The number of likely N-dealkylation sites (tertiary alicyclic amines) is 1. The molecule has 1 aromatic carbocycles. The first-order chi connectivity index (χ1) is 11.3. The van der Waals surface area contributed by atoms with E-state index >= 15 is 0 Å². The highest BCUT2D eigenvalue weighted by Crippen LogP contribution is 2.22. The van der Waals surface area contributed by atoms with Gasteiger partial charge in [0.05, 0.1) is 0 Å². The molecule has 1 fully saturated rings. The Morgan fingerprint density at radius 3 is 3.00 bits per heavy atom. The van der Waals surface area contributed by atoms with Gasteiger partial charge in [0.15, 0.2) is 5.82 Å². The molecule has 3 rings (SSSR count). The summed E-state index contributed by atoms with van der Waals surface area (Å²) in [5, 5.41) is 7.01. The number of aromatic nitrogens is 2. The molecule has 1 unspecified atom stereocenters. The summed E-state index contributed by atoms with van der Waals surface area (Å²) in [5.74, 6) is 1.18. The Morgan fingerprint density at radius 2 is 2.22 bits per heavy atom. The Morgan fingerprint density at radius 1 is 1.39 bits per heavy atom. The van der Waals surface area contributed by atoms with Gasteiger partial charge in [-0.05, 0) is 31.4 Å². The number of rotatable bonds is 5. The van der Waals surface area contributed by atoms with E-state index in [2.05, 4.69) is 15.5 Å². The van der Waals surface area contributed by atoms with Gasteiger partial charge in [-0.25, -0.2) is 4.79 Å². The lowest BCUT2D eigenvalue weighted by Gasteiger charge is -2.23. The van der Waals surface area contributed by atoms with Crippen molar-refractivity contribution < 1.29 is 9.32 Å². The van der Waals surface area contributed by atoms with Gasteiger partial charge in [0, 0.05) is 31.1 Å². The standard InChI is InChI=1S/C17H22N4O2/c1-2-10-18-17(22)21-11-6-9-14(21)12-15-19-16(23-20-15)13-7-4-3-5-8-13/h3-5,7-8,14H,2,6,9-12H2,1H3,(H,18,22). The lowest BCUT2D eigenvalue weighted by Crippen LogP contribution is -2.43. The van der Waals surface area contributed by atoms with Crippen LogP contribution in [0.1, 0.15) is 32.0 Å². The average Bonchev–Trinajstić information content (AvgIpc) is 3.23. The lowest BCUT2D eigenvalue weighted by molar-refractivity contribution is 0.191. The summed E-state index contributed by atoms with van der Waals surface area (Å²) < 4.78 is 5.34. The van der Waals surface area contributed by atoms with Gasteiger partial charge in [0.2, 0.25) is 0 Å². The predicted octanol–water partition coefficient (Wildman–Crippen LogP) is 2.86. The van der Waals surface area contributed by atoms with Crippen molar-refractivity contribution in [1.29, 1.82) is 0 Å². The molecule has 6 heteroatoms. The highest BCUT2D eigenvalue weighted by molar-refractivity contribution is 5.74. The molecule has 1 atom stereocenters. The molecule has 122 valence electrons. The number of carbonyl (C=O) groups is 1. The SMILES string of the molecule is CCCNC(=O)N1CCCC1Cc1noc(-c2ccccc2)n1. The summed E-state index contributed by atoms with van der Waals surface area (Å²) in [4.78, 5) is 18.5. The molecule has 23 heavy (non-hydrogen) atoms. The van der Waals surface area contributed by atoms with Crippen LogP contribution in [-0.4, -0.2) is 40.2 Å². The summed E-state index contributed by atoms with van der Waals surface area (Å²) in [6.45, 7) is 3.55. The first-order valence-corrected chi connectivity index (χ1v) is 8.20. The Labute approximate surface area is 135 Å². The summed E-state index contributed by atoms with van der Waals surface area (Å²) in [6, 6.07) is 9.88. The quantitative estimate of drug-likeness (QED) is 0.921. The number of amides is 2. The van der Waals surface area contributed by atoms with Crippen molar-refractivity contribution in [2.24, 2.45) is 0 Å². The van der Waals surface area contributed by atoms with Gasteiger partial charge in [-0.2, -0.15) is 4.98 Å². The molecular formula is C17H22N4O2. The minimum atomic E-state index is 0.0149. The Hall–Kier alpha value is -2.37. The van der Waals surface area contributed by atoms with Crippen LogP contribution in [-0.2, 0) is 6.42 Å². The molecule has 0 radical (unpaired) electrons. The zero-order valence-electron chi connectivity index (χ0n) is 13.4. The molecule has 0 saturated carbocycles. The van der Waals surface area contributed by atoms with E-state index in [1.807, 2.05) is 42.2 Å².